The molecule has 1 heterocycles. The third-order valence-corrected chi connectivity index (χ3v) is 3.63. The van der Waals surface area contributed by atoms with Gasteiger partial charge < -0.3 is 9.15 Å². The lowest BCUT2D eigenvalue weighted by Gasteiger charge is -2.00. The molecule has 3 nitrogen and oxygen atoms in total. The molecule has 2 rings (SSSR count). The Morgan fingerprint density at radius 2 is 2.05 bits per heavy atom. The van der Waals surface area contributed by atoms with Gasteiger partial charge in [0.25, 0.3) is 0 Å². The van der Waals surface area contributed by atoms with Crippen LogP contribution in [0.25, 0.3) is 0 Å². The van der Waals surface area contributed by atoms with E-state index in [0.717, 1.165) is 12.1 Å². The van der Waals surface area contributed by atoms with Crippen molar-refractivity contribution in [2.24, 2.45) is 0 Å². The molecule has 106 valence electrons. The standard InChI is InChI=1S/C14H12F2O3S/c1-8-5-9(19-13(8)14(17)18-2)7-20-10-3-4-11(15)12(16)6-10/h3-6H,7H2,1-2H3. The first-order valence-electron chi connectivity index (χ1n) is 5.76. The molecule has 0 radical (unpaired) electrons. The van der Waals surface area contributed by atoms with Crippen LogP contribution in [0.15, 0.2) is 33.6 Å². The summed E-state index contributed by atoms with van der Waals surface area (Å²) in [5.41, 5.74) is 0.678. The predicted molar refractivity (Wildman–Crippen MR) is 70.7 cm³/mol. The summed E-state index contributed by atoms with van der Waals surface area (Å²) >= 11 is 1.29. The number of rotatable bonds is 4. The van der Waals surface area contributed by atoms with Gasteiger partial charge >= 0.3 is 5.97 Å². The van der Waals surface area contributed by atoms with Gasteiger partial charge in [0.05, 0.1) is 12.9 Å². The zero-order valence-corrected chi connectivity index (χ0v) is 11.7. The summed E-state index contributed by atoms with van der Waals surface area (Å²) in [6, 6.07) is 5.40. The van der Waals surface area contributed by atoms with E-state index in [2.05, 4.69) is 4.74 Å². The maximum atomic E-state index is 13.1. The predicted octanol–water partition coefficient (Wildman–Crippen LogP) is 3.95. The van der Waals surface area contributed by atoms with E-state index in [1.54, 1.807) is 13.0 Å². The van der Waals surface area contributed by atoms with Gasteiger partial charge in [-0.15, -0.1) is 11.8 Å². The summed E-state index contributed by atoms with van der Waals surface area (Å²) in [7, 11) is 1.28. The van der Waals surface area contributed by atoms with Gasteiger partial charge in [0, 0.05) is 10.5 Å². The lowest BCUT2D eigenvalue weighted by Crippen LogP contribution is -2.00. The minimum Gasteiger partial charge on any atom is -0.463 e. The quantitative estimate of drug-likeness (QED) is 0.633. The second kappa shape index (κ2) is 6.09. The molecule has 0 N–H and O–H groups in total. The number of hydrogen-bond donors (Lipinski definition) is 0. The van der Waals surface area contributed by atoms with Crippen molar-refractivity contribution in [2.75, 3.05) is 7.11 Å². The second-order valence-electron chi connectivity index (χ2n) is 4.08. The lowest BCUT2D eigenvalue weighted by atomic mass is 10.3. The molecule has 0 amide bonds. The first-order valence-corrected chi connectivity index (χ1v) is 6.75. The van der Waals surface area contributed by atoms with Crippen molar-refractivity contribution in [3.05, 3.63) is 53.0 Å². The monoisotopic (exact) mass is 298 g/mol. The summed E-state index contributed by atoms with van der Waals surface area (Å²) in [6.07, 6.45) is 0. The number of ether oxygens (including phenoxy) is 1. The van der Waals surface area contributed by atoms with Crippen LogP contribution in [0.3, 0.4) is 0 Å². The molecule has 0 saturated heterocycles. The number of carbonyl (C=O) groups is 1. The zero-order valence-electron chi connectivity index (χ0n) is 10.9. The summed E-state index contributed by atoms with van der Waals surface area (Å²) in [6.45, 7) is 1.74. The molecule has 6 heteroatoms. The average Bonchev–Trinajstić information content (AvgIpc) is 2.80. The Hall–Kier alpha value is -1.82. The van der Waals surface area contributed by atoms with E-state index in [9.17, 15) is 13.6 Å². The number of esters is 1. The molecule has 2 aromatic rings. The SMILES string of the molecule is COC(=O)c1oc(CSc2ccc(F)c(F)c2)cc1C. The molecule has 0 aliphatic heterocycles. The fourth-order valence-corrected chi connectivity index (χ4v) is 2.44. The number of aryl methyl sites for hydroxylation is 1. The Labute approximate surface area is 118 Å². The largest absolute Gasteiger partial charge is 0.463 e. The molecule has 20 heavy (non-hydrogen) atoms. The highest BCUT2D eigenvalue weighted by Gasteiger charge is 2.16. The van der Waals surface area contributed by atoms with Gasteiger partial charge in [-0.1, -0.05) is 0 Å². The average molecular weight is 298 g/mol. The van der Waals surface area contributed by atoms with Gasteiger partial charge in [-0.05, 0) is 31.2 Å². The van der Waals surface area contributed by atoms with Gasteiger partial charge in [0.15, 0.2) is 11.6 Å². The van der Waals surface area contributed by atoms with Crippen LogP contribution in [0.1, 0.15) is 21.9 Å². The van der Waals surface area contributed by atoms with E-state index in [4.69, 9.17) is 4.42 Å². The highest BCUT2D eigenvalue weighted by atomic mass is 32.2. The summed E-state index contributed by atoms with van der Waals surface area (Å²) < 4.78 is 35.8. The topological polar surface area (TPSA) is 39.4 Å². The van der Waals surface area contributed by atoms with Crippen molar-refractivity contribution in [1.82, 2.24) is 0 Å². The van der Waals surface area contributed by atoms with Crippen LogP contribution in [-0.2, 0) is 10.5 Å². The minimum absolute atomic E-state index is 0.161. The van der Waals surface area contributed by atoms with Gasteiger partial charge in [-0.3, -0.25) is 0 Å². The fraction of sp³-hybridized carbons (Fsp3) is 0.214. The van der Waals surface area contributed by atoms with E-state index in [1.165, 1.54) is 24.9 Å². The van der Waals surface area contributed by atoms with Gasteiger partial charge in [0.1, 0.15) is 5.76 Å². The van der Waals surface area contributed by atoms with Crippen LogP contribution in [0, 0.1) is 18.6 Å². The van der Waals surface area contributed by atoms with E-state index in [1.807, 2.05) is 0 Å². The molecule has 0 aliphatic rings. The molecule has 0 aliphatic carbocycles. The summed E-state index contributed by atoms with van der Waals surface area (Å²) in [5, 5.41) is 0. The van der Waals surface area contributed by atoms with Crippen LogP contribution in [0.4, 0.5) is 8.78 Å². The van der Waals surface area contributed by atoms with Crippen molar-refractivity contribution in [3.8, 4) is 0 Å². The lowest BCUT2D eigenvalue weighted by molar-refractivity contribution is 0.0562. The first kappa shape index (κ1) is 14.6. The Morgan fingerprint density at radius 1 is 1.30 bits per heavy atom. The first-order chi connectivity index (χ1) is 9.51. The highest BCUT2D eigenvalue weighted by Crippen LogP contribution is 2.26. The second-order valence-corrected chi connectivity index (χ2v) is 5.13. The molecular weight excluding hydrogens is 286 g/mol. The Morgan fingerprint density at radius 3 is 2.70 bits per heavy atom. The third kappa shape index (κ3) is 3.19. The zero-order chi connectivity index (χ0) is 14.7. The molecular formula is C14H12F2O3S. The van der Waals surface area contributed by atoms with E-state index >= 15 is 0 Å². The van der Waals surface area contributed by atoms with Crippen LogP contribution >= 0.6 is 11.8 Å². The molecule has 0 unspecified atom stereocenters. The number of thioether (sulfide) groups is 1. The fourth-order valence-electron chi connectivity index (χ4n) is 1.64. The van der Waals surface area contributed by atoms with Gasteiger partial charge in [0.2, 0.25) is 5.76 Å². The molecule has 0 atom stereocenters. The Balaban J connectivity index is 2.07. The van der Waals surface area contributed by atoms with E-state index < -0.39 is 17.6 Å². The van der Waals surface area contributed by atoms with Crippen molar-refractivity contribution in [1.29, 1.82) is 0 Å². The van der Waals surface area contributed by atoms with E-state index in [-0.39, 0.29) is 5.76 Å². The molecule has 0 saturated carbocycles. The molecule has 0 bridgehead atoms. The molecule has 0 spiro atoms. The van der Waals surface area contributed by atoms with Crippen LogP contribution in [0.2, 0.25) is 0 Å². The van der Waals surface area contributed by atoms with Crippen molar-refractivity contribution >= 4 is 17.7 Å². The number of hydrogen-bond acceptors (Lipinski definition) is 4. The third-order valence-electron chi connectivity index (χ3n) is 2.61. The summed E-state index contributed by atoms with van der Waals surface area (Å²) in [5.74, 6) is -1.17. The number of furan rings is 1. The molecule has 1 aromatic carbocycles. The Bertz CT molecular complexity index is 637. The van der Waals surface area contributed by atoms with Crippen molar-refractivity contribution < 1.29 is 22.7 Å². The van der Waals surface area contributed by atoms with Gasteiger partial charge in [-0.2, -0.15) is 0 Å². The number of carbonyl (C=O) groups excluding carboxylic acids is 1. The van der Waals surface area contributed by atoms with Crippen molar-refractivity contribution in [2.45, 2.75) is 17.6 Å². The molecule has 1 aromatic heterocycles. The maximum Gasteiger partial charge on any atom is 0.374 e. The van der Waals surface area contributed by atoms with Crippen LogP contribution in [0.5, 0.6) is 0 Å². The van der Waals surface area contributed by atoms with Crippen LogP contribution < -0.4 is 0 Å². The smallest absolute Gasteiger partial charge is 0.374 e. The summed E-state index contributed by atoms with van der Waals surface area (Å²) in [4.78, 5) is 12.0. The van der Waals surface area contributed by atoms with Crippen LogP contribution in [-0.4, -0.2) is 13.1 Å². The number of methoxy groups -OCH3 is 1. The molecule has 0 fully saturated rings. The van der Waals surface area contributed by atoms with Gasteiger partial charge in [-0.25, -0.2) is 13.6 Å². The minimum atomic E-state index is -0.888. The maximum absolute atomic E-state index is 13.1. The van der Waals surface area contributed by atoms with E-state index in [0.29, 0.717) is 22.0 Å². The van der Waals surface area contributed by atoms with Crippen molar-refractivity contribution in [3.63, 3.8) is 0 Å². The normalized spacial score (nSPS) is 10.6. The number of halogens is 2. The Kier molecular flexibility index (Phi) is 4.44. The number of benzene rings is 1. The highest BCUT2D eigenvalue weighted by molar-refractivity contribution is 7.98.